The number of rotatable bonds is 3. The quantitative estimate of drug-likeness (QED) is 0.585. The summed E-state index contributed by atoms with van der Waals surface area (Å²) in [6.45, 7) is 3.37. The molecule has 0 aliphatic heterocycles. The highest BCUT2D eigenvalue weighted by atomic mass is 16.5. The maximum atomic E-state index is 9.97. The fraction of sp³-hybridized carbons (Fsp3) is 0.889. The highest BCUT2D eigenvalue weighted by molar-refractivity contribution is 5.37. The molecule has 0 atom stereocenters. The molecule has 0 N–H and O–H groups in total. The molecule has 1 rings (SSSR count). The summed E-state index contributed by atoms with van der Waals surface area (Å²) >= 11 is 0. The fourth-order valence-electron chi connectivity index (χ4n) is 1.78. The van der Waals surface area contributed by atoms with Crippen LogP contribution in [-0.4, -0.2) is 13.1 Å². The zero-order valence-electron chi connectivity index (χ0n) is 7.14. The largest absolute Gasteiger partial charge is 0.467 e. The van der Waals surface area contributed by atoms with Gasteiger partial charge in [0.25, 0.3) is 6.47 Å². The molecular formula is C9H16O2. The molecule has 64 valence electrons. The van der Waals surface area contributed by atoms with Crippen LogP contribution in [0.3, 0.4) is 0 Å². The van der Waals surface area contributed by atoms with Gasteiger partial charge < -0.3 is 4.74 Å². The van der Waals surface area contributed by atoms with Crippen LogP contribution in [0.15, 0.2) is 0 Å². The van der Waals surface area contributed by atoms with Crippen LogP contribution in [0, 0.1) is 5.41 Å². The second-order valence-corrected chi connectivity index (χ2v) is 3.78. The van der Waals surface area contributed by atoms with Gasteiger partial charge in [0.15, 0.2) is 0 Å². The lowest BCUT2D eigenvalue weighted by molar-refractivity contribution is -0.132. The third-order valence-electron chi connectivity index (χ3n) is 2.56. The highest BCUT2D eigenvalue weighted by Crippen LogP contribution is 2.35. The van der Waals surface area contributed by atoms with Crippen molar-refractivity contribution >= 4 is 6.47 Å². The van der Waals surface area contributed by atoms with Gasteiger partial charge in [0, 0.05) is 5.41 Å². The van der Waals surface area contributed by atoms with Gasteiger partial charge in [-0.15, -0.1) is 0 Å². The first kappa shape index (κ1) is 8.57. The van der Waals surface area contributed by atoms with Crippen LogP contribution >= 0.6 is 0 Å². The summed E-state index contributed by atoms with van der Waals surface area (Å²) in [4.78, 5) is 9.97. The lowest BCUT2D eigenvalue weighted by Gasteiger charge is -2.32. The first-order chi connectivity index (χ1) is 5.27. The summed E-state index contributed by atoms with van der Waals surface area (Å²) < 4.78 is 4.80. The standard InChI is InChI=1S/C9H16O2/c1-9(7-11-8-10)5-3-2-4-6-9/h8H,2-7H2,1H3. The van der Waals surface area contributed by atoms with Crippen LogP contribution in [0.25, 0.3) is 0 Å². The van der Waals surface area contributed by atoms with Gasteiger partial charge in [0.2, 0.25) is 0 Å². The predicted octanol–water partition coefficient (Wildman–Crippen LogP) is 2.13. The Morgan fingerprint density at radius 1 is 1.36 bits per heavy atom. The van der Waals surface area contributed by atoms with Gasteiger partial charge in [-0.2, -0.15) is 0 Å². The molecule has 0 bridgehead atoms. The minimum absolute atomic E-state index is 0.277. The first-order valence-electron chi connectivity index (χ1n) is 4.32. The van der Waals surface area contributed by atoms with Crippen molar-refractivity contribution in [2.75, 3.05) is 6.61 Å². The average Bonchev–Trinajstić information content (AvgIpc) is 2.03. The summed E-state index contributed by atoms with van der Waals surface area (Å²) in [5.74, 6) is 0. The Kier molecular flexibility index (Phi) is 2.92. The molecule has 1 aliphatic rings. The number of hydrogen-bond acceptors (Lipinski definition) is 2. The molecule has 0 aromatic heterocycles. The Morgan fingerprint density at radius 3 is 2.55 bits per heavy atom. The maximum Gasteiger partial charge on any atom is 0.293 e. The van der Waals surface area contributed by atoms with Crippen molar-refractivity contribution in [1.29, 1.82) is 0 Å². The number of carbonyl (C=O) groups is 1. The molecular weight excluding hydrogens is 140 g/mol. The van der Waals surface area contributed by atoms with Crippen LogP contribution in [0.5, 0.6) is 0 Å². The van der Waals surface area contributed by atoms with E-state index in [2.05, 4.69) is 6.92 Å². The Hall–Kier alpha value is -0.530. The van der Waals surface area contributed by atoms with Crippen LogP contribution in [-0.2, 0) is 9.53 Å². The van der Waals surface area contributed by atoms with Crippen LogP contribution in [0.4, 0.5) is 0 Å². The number of ether oxygens (including phenoxy) is 1. The van der Waals surface area contributed by atoms with Gasteiger partial charge in [-0.3, -0.25) is 4.79 Å². The van der Waals surface area contributed by atoms with Crippen LogP contribution in [0.1, 0.15) is 39.0 Å². The second kappa shape index (κ2) is 3.74. The van der Waals surface area contributed by atoms with Gasteiger partial charge in [-0.05, 0) is 12.8 Å². The number of hydrogen-bond donors (Lipinski definition) is 0. The molecule has 0 aromatic rings. The van der Waals surface area contributed by atoms with Crippen LogP contribution in [0.2, 0.25) is 0 Å². The van der Waals surface area contributed by atoms with Gasteiger partial charge in [-0.25, -0.2) is 0 Å². The minimum Gasteiger partial charge on any atom is -0.467 e. The van der Waals surface area contributed by atoms with Gasteiger partial charge in [0.1, 0.15) is 0 Å². The van der Waals surface area contributed by atoms with Crippen LogP contribution < -0.4 is 0 Å². The Bertz CT molecular complexity index is 126. The molecule has 1 saturated carbocycles. The van der Waals surface area contributed by atoms with E-state index >= 15 is 0 Å². The fourth-order valence-corrected chi connectivity index (χ4v) is 1.78. The zero-order valence-corrected chi connectivity index (χ0v) is 7.14. The number of carbonyl (C=O) groups excluding carboxylic acids is 1. The Morgan fingerprint density at radius 2 is 2.00 bits per heavy atom. The molecule has 0 amide bonds. The van der Waals surface area contributed by atoms with Crippen molar-refractivity contribution in [2.45, 2.75) is 39.0 Å². The normalized spacial score (nSPS) is 22.6. The molecule has 0 unspecified atom stereocenters. The average molecular weight is 156 g/mol. The predicted molar refractivity (Wildman–Crippen MR) is 43.2 cm³/mol. The molecule has 11 heavy (non-hydrogen) atoms. The zero-order chi connectivity index (χ0) is 8.16. The van der Waals surface area contributed by atoms with Gasteiger partial charge in [-0.1, -0.05) is 26.2 Å². The van der Waals surface area contributed by atoms with Crippen molar-refractivity contribution in [3.8, 4) is 0 Å². The molecule has 0 heterocycles. The van der Waals surface area contributed by atoms with Crippen molar-refractivity contribution in [1.82, 2.24) is 0 Å². The molecule has 0 spiro atoms. The van der Waals surface area contributed by atoms with E-state index in [0.717, 1.165) is 0 Å². The maximum absolute atomic E-state index is 9.97. The van der Waals surface area contributed by atoms with E-state index < -0.39 is 0 Å². The summed E-state index contributed by atoms with van der Waals surface area (Å²) in [6, 6.07) is 0. The Balaban J connectivity index is 2.30. The second-order valence-electron chi connectivity index (χ2n) is 3.78. The lowest BCUT2D eigenvalue weighted by atomic mass is 9.76. The van der Waals surface area contributed by atoms with E-state index in [0.29, 0.717) is 13.1 Å². The third kappa shape index (κ3) is 2.52. The summed E-state index contributed by atoms with van der Waals surface area (Å²) in [5.41, 5.74) is 0.277. The van der Waals surface area contributed by atoms with Crippen molar-refractivity contribution < 1.29 is 9.53 Å². The molecule has 0 saturated heterocycles. The van der Waals surface area contributed by atoms with E-state index in [-0.39, 0.29) is 5.41 Å². The van der Waals surface area contributed by atoms with Gasteiger partial charge >= 0.3 is 0 Å². The van der Waals surface area contributed by atoms with Crippen molar-refractivity contribution in [3.63, 3.8) is 0 Å². The summed E-state index contributed by atoms with van der Waals surface area (Å²) in [7, 11) is 0. The van der Waals surface area contributed by atoms with E-state index in [4.69, 9.17) is 4.74 Å². The van der Waals surface area contributed by atoms with Crippen molar-refractivity contribution in [3.05, 3.63) is 0 Å². The molecule has 0 aromatic carbocycles. The SMILES string of the molecule is CC1(COC=O)CCCCC1. The molecule has 2 heteroatoms. The van der Waals surface area contributed by atoms with Gasteiger partial charge in [0.05, 0.1) is 6.61 Å². The molecule has 1 aliphatic carbocycles. The van der Waals surface area contributed by atoms with E-state index in [1.54, 1.807) is 0 Å². The third-order valence-corrected chi connectivity index (χ3v) is 2.56. The lowest BCUT2D eigenvalue weighted by Crippen LogP contribution is -2.25. The Labute approximate surface area is 67.9 Å². The topological polar surface area (TPSA) is 26.3 Å². The molecule has 1 fully saturated rings. The molecule has 0 radical (unpaired) electrons. The summed E-state index contributed by atoms with van der Waals surface area (Å²) in [5, 5.41) is 0. The minimum atomic E-state index is 0.277. The van der Waals surface area contributed by atoms with E-state index in [1.165, 1.54) is 32.1 Å². The van der Waals surface area contributed by atoms with E-state index in [9.17, 15) is 4.79 Å². The highest BCUT2D eigenvalue weighted by Gasteiger charge is 2.27. The monoisotopic (exact) mass is 156 g/mol. The van der Waals surface area contributed by atoms with Crippen molar-refractivity contribution in [2.24, 2.45) is 5.41 Å². The summed E-state index contributed by atoms with van der Waals surface area (Å²) in [6.07, 6.45) is 6.34. The first-order valence-corrected chi connectivity index (χ1v) is 4.32. The van der Waals surface area contributed by atoms with E-state index in [1.807, 2.05) is 0 Å². The molecule has 2 nitrogen and oxygen atoms in total. The smallest absolute Gasteiger partial charge is 0.293 e.